The fraction of sp³-hybridized carbons (Fsp3) is 0.0714. The number of benzene rings is 2. The largest absolute Gasteiger partial charge is 0.486 e. The SMILES string of the molecule is N/C(=N/O)c1ccc(OCc2cc(F)cc(Br)c2)c(F)c1. The van der Waals surface area contributed by atoms with Gasteiger partial charge >= 0.3 is 0 Å². The summed E-state index contributed by atoms with van der Waals surface area (Å²) in [6, 6.07) is 8.19. The molecule has 0 fully saturated rings. The Morgan fingerprint density at radius 1 is 1.24 bits per heavy atom. The third-order valence-electron chi connectivity index (χ3n) is 2.65. The van der Waals surface area contributed by atoms with Gasteiger partial charge in [0.2, 0.25) is 0 Å². The minimum Gasteiger partial charge on any atom is -0.486 e. The molecule has 0 amide bonds. The average molecular weight is 357 g/mol. The second-order valence-corrected chi connectivity index (χ2v) is 5.11. The van der Waals surface area contributed by atoms with Gasteiger partial charge in [0.15, 0.2) is 17.4 Å². The normalized spacial score (nSPS) is 11.5. The first-order chi connectivity index (χ1) is 9.99. The van der Waals surface area contributed by atoms with Crippen molar-refractivity contribution in [1.82, 2.24) is 0 Å². The Morgan fingerprint density at radius 3 is 2.62 bits per heavy atom. The molecule has 2 aromatic carbocycles. The third kappa shape index (κ3) is 3.91. The number of hydrogen-bond acceptors (Lipinski definition) is 3. The molecule has 110 valence electrons. The monoisotopic (exact) mass is 356 g/mol. The number of rotatable bonds is 4. The summed E-state index contributed by atoms with van der Waals surface area (Å²) in [5.41, 5.74) is 6.15. The van der Waals surface area contributed by atoms with E-state index in [9.17, 15) is 8.78 Å². The van der Waals surface area contributed by atoms with E-state index < -0.39 is 11.6 Å². The van der Waals surface area contributed by atoms with Gasteiger partial charge in [-0.2, -0.15) is 0 Å². The average Bonchev–Trinajstić information content (AvgIpc) is 2.44. The highest BCUT2D eigenvalue weighted by molar-refractivity contribution is 9.10. The molecule has 21 heavy (non-hydrogen) atoms. The Balaban J connectivity index is 2.13. The van der Waals surface area contributed by atoms with Crippen LogP contribution in [-0.4, -0.2) is 11.0 Å². The van der Waals surface area contributed by atoms with Gasteiger partial charge in [-0.3, -0.25) is 0 Å². The summed E-state index contributed by atoms with van der Waals surface area (Å²) in [4.78, 5) is 0. The second-order valence-electron chi connectivity index (χ2n) is 4.20. The maximum atomic E-state index is 13.8. The molecule has 7 heteroatoms. The standard InChI is InChI=1S/C14H11BrF2N2O2/c15-10-3-8(4-11(16)6-10)7-21-13-2-1-9(5-12(13)17)14(18)19-20/h1-6,20H,7H2,(H2,18,19). The van der Waals surface area contributed by atoms with Crippen LogP contribution in [-0.2, 0) is 6.61 Å². The number of nitrogens with two attached hydrogens (primary N) is 1. The Morgan fingerprint density at radius 2 is 2.00 bits per heavy atom. The van der Waals surface area contributed by atoms with Crippen molar-refractivity contribution in [3.63, 3.8) is 0 Å². The summed E-state index contributed by atoms with van der Waals surface area (Å²) in [7, 11) is 0. The van der Waals surface area contributed by atoms with E-state index in [1.54, 1.807) is 6.07 Å². The van der Waals surface area contributed by atoms with E-state index in [1.165, 1.54) is 24.3 Å². The number of ether oxygens (including phenoxy) is 1. The van der Waals surface area contributed by atoms with Crippen LogP contribution >= 0.6 is 15.9 Å². The van der Waals surface area contributed by atoms with E-state index in [-0.39, 0.29) is 23.8 Å². The third-order valence-corrected chi connectivity index (χ3v) is 3.11. The number of halogens is 3. The van der Waals surface area contributed by atoms with Crippen molar-refractivity contribution in [3.8, 4) is 5.75 Å². The van der Waals surface area contributed by atoms with Crippen LogP contribution in [0.25, 0.3) is 0 Å². The second kappa shape index (κ2) is 6.53. The van der Waals surface area contributed by atoms with Crippen molar-refractivity contribution < 1.29 is 18.7 Å². The topological polar surface area (TPSA) is 67.8 Å². The van der Waals surface area contributed by atoms with Gasteiger partial charge in [0.25, 0.3) is 0 Å². The van der Waals surface area contributed by atoms with Crippen LogP contribution in [0.2, 0.25) is 0 Å². The van der Waals surface area contributed by atoms with Crippen LogP contribution in [0.5, 0.6) is 5.75 Å². The molecule has 0 heterocycles. The molecule has 0 radical (unpaired) electrons. The first-order valence-electron chi connectivity index (χ1n) is 5.85. The van der Waals surface area contributed by atoms with Crippen LogP contribution in [0.4, 0.5) is 8.78 Å². The van der Waals surface area contributed by atoms with Gasteiger partial charge in [-0.1, -0.05) is 21.1 Å². The smallest absolute Gasteiger partial charge is 0.170 e. The number of oxime groups is 1. The maximum Gasteiger partial charge on any atom is 0.170 e. The molecule has 0 atom stereocenters. The summed E-state index contributed by atoms with van der Waals surface area (Å²) >= 11 is 3.17. The zero-order chi connectivity index (χ0) is 15.4. The lowest BCUT2D eigenvalue weighted by atomic mass is 10.2. The van der Waals surface area contributed by atoms with Crippen molar-refractivity contribution in [2.45, 2.75) is 6.61 Å². The summed E-state index contributed by atoms with van der Waals surface area (Å²) < 4.78 is 32.9. The molecule has 0 aliphatic heterocycles. The highest BCUT2D eigenvalue weighted by Crippen LogP contribution is 2.21. The van der Waals surface area contributed by atoms with E-state index in [4.69, 9.17) is 15.7 Å². The van der Waals surface area contributed by atoms with Gasteiger partial charge < -0.3 is 15.7 Å². The van der Waals surface area contributed by atoms with E-state index in [0.717, 1.165) is 6.07 Å². The number of nitrogens with zero attached hydrogens (tertiary/aromatic N) is 1. The predicted octanol–water partition coefficient (Wildman–Crippen LogP) is 3.40. The van der Waals surface area contributed by atoms with E-state index in [1.807, 2.05) is 0 Å². The molecule has 0 aromatic heterocycles. The lowest BCUT2D eigenvalue weighted by Crippen LogP contribution is -2.13. The van der Waals surface area contributed by atoms with Crippen molar-refractivity contribution in [2.24, 2.45) is 10.9 Å². The molecule has 2 rings (SSSR count). The van der Waals surface area contributed by atoms with Crippen molar-refractivity contribution in [2.75, 3.05) is 0 Å². The Labute approximate surface area is 128 Å². The van der Waals surface area contributed by atoms with Gasteiger partial charge in [0.05, 0.1) is 0 Å². The Hall–Kier alpha value is -2.15. The molecule has 0 aliphatic carbocycles. The predicted molar refractivity (Wildman–Crippen MR) is 77.3 cm³/mol. The highest BCUT2D eigenvalue weighted by Gasteiger charge is 2.08. The van der Waals surface area contributed by atoms with Crippen LogP contribution in [0, 0.1) is 11.6 Å². The first kappa shape index (κ1) is 15.2. The molecule has 2 aromatic rings. The van der Waals surface area contributed by atoms with Crippen molar-refractivity contribution >= 4 is 21.8 Å². The summed E-state index contributed by atoms with van der Waals surface area (Å²) in [6.07, 6.45) is 0. The molecule has 0 spiro atoms. The number of hydrogen-bond donors (Lipinski definition) is 2. The zero-order valence-electron chi connectivity index (χ0n) is 10.7. The van der Waals surface area contributed by atoms with Gasteiger partial charge in [-0.15, -0.1) is 0 Å². The molecule has 0 saturated heterocycles. The summed E-state index contributed by atoms with van der Waals surface area (Å²) in [6.45, 7) is 0.0101. The van der Waals surface area contributed by atoms with Crippen molar-refractivity contribution in [1.29, 1.82) is 0 Å². The van der Waals surface area contributed by atoms with Crippen LogP contribution in [0.3, 0.4) is 0 Å². The van der Waals surface area contributed by atoms with Crippen molar-refractivity contribution in [3.05, 3.63) is 63.6 Å². The fourth-order valence-electron chi connectivity index (χ4n) is 1.69. The molecule has 3 N–H and O–H groups in total. The quantitative estimate of drug-likeness (QED) is 0.381. The van der Waals surface area contributed by atoms with Crippen LogP contribution < -0.4 is 10.5 Å². The summed E-state index contributed by atoms with van der Waals surface area (Å²) in [5.74, 6) is -1.28. The minimum absolute atomic E-state index is 0.00938. The zero-order valence-corrected chi connectivity index (χ0v) is 12.3. The lowest BCUT2D eigenvalue weighted by molar-refractivity contribution is 0.289. The summed E-state index contributed by atoms with van der Waals surface area (Å²) in [5, 5.41) is 11.3. The lowest BCUT2D eigenvalue weighted by Gasteiger charge is -2.09. The minimum atomic E-state index is -0.658. The molecular formula is C14H11BrF2N2O2. The van der Waals surface area contributed by atoms with Crippen LogP contribution in [0.1, 0.15) is 11.1 Å². The Bertz CT molecular complexity index is 672. The van der Waals surface area contributed by atoms with Gasteiger partial charge in [-0.25, -0.2) is 8.78 Å². The molecule has 0 unspecified atom stereocenters. The van der Waals surface area contributed by atoms with Gasteiger partial charge in [-0.05, 0) is 42.0 Å². The maximum absolute atomic E-state index is 13.8. The molecule has 0 aliphatic rings. The van der Waals surface area contributed by atoms with E-state index in [0.29, 0.717) is 10.0 Å². The molecular weight excluding hydrogens is 346 g/mol. The Kier molecular flexibility index (Phi) is 4.74. The molecule has 4 nitrogen and oxygen atoms in total. The molecule has 0 bridgehead atoms. The first-order valence-corrected chi connectivity index (χ1v) is 6.64. The van der Waals surface area contributed by atoms with E-state index in [2.05, 4.69) is 21.1 Å². The van der Waals surface area contributed by atoms with E-state index >= 15 is 0 Å². The fourth-order valence-corrected chi connectivity index (χ4v) is 2.20. The number of amidine groups is 1. The van der Waals surface area contributed by atoms with Gasteiger partial charge in [0, 0.05) is 10.0 Å². The van der Waals surface area contributed by atoms with Gasteiger partial charge in [0.1, 0.15) is 12.4 Å². The highest BCUT2D eigenvalue weighted by atomic mass is 79.9. The molecule has 0 saturated carbocycles. The van der Waals surface area contributed by atoms with Crippen LogP contribution in [0.15, 0.2) is 46.0 Å².